The molecule has 2 heterocycles. The van der Waals surface area contributed by atoms with E-state index in [1.165, 1.54) is 0 Å². The molecule has 0 unspecified atom stereocenters. The minimum atomic E-state index is 0.704. The Morgan fingerprint density at radius 2 is 1.73 bits per heavy atom. The van der Waals surface area contributed by atoms with Crippen LogP contribution in [0.25, 0.3) is 34.0 Å². The summed E-state index contributed by atoms with van der Waals surface area (Å²) in [6.45, 7) is 0. The van der Waals surface area contributed by atoms with Gasteiger partial charge in [0.15, 0.2) is 0 Å². The third kappa shape index (κ3) is 2.38. The van der Waals surface area contributed by atoms with Gasteiger partial charge in [-0.05, 0) is 36.4 Å². The van der Waals surface area contributed by atoms with Gasteiger partial charge in [-0.25, -0.2) is 4.98 Å². The minimum absolute atomic E-state index is 0.704. The summed E-state index contributed by atoms with van der Waals surface area (Å²) < 4.78 is 5.76. The van der Waals surface area contributed by atoms with Crippen LogP contribution in [0.4, 0.5) is 0 Å². The van der Waals surface area contributed by atoms with Crippen molar-refractivity contribution in [3.05, 3.63) is 77.1 Å². The summed E-state index contributed by atoms with van der Waals surface area (Å²) in [5.41, 5.74) is 2.58. The number of halogens is 1. The number of pyridine rings is 1. The van der Waals surface area contributed by atoms with E-state index in [9.17, 15) is 0 Å². The predicted octanol–water partition coefficient (Wildman–Crippen LogP) is 5.80. The highest BCUT2D eigenvalue weighted by Gasteiger charge is 2.03. The van der Waals surface area contributed by atoms with Crippen LogP contribution >= 0.6 is 11.6 Å². The molecular weight excluding hydrogens is 294 g/mol. The summed E-state index contributed by atoms with van der Waals surface area (Å²) in [6.07, 6.45) is 3.82. The van der Waals surface area contributed by atoms with Gasteiger partial charge in [0.25, 0.3) is 0 Å². The molecule has 0 aliphatic carbocycles. The number of para-hydroxylation sites is 2. The molecule has 2 aromatic heterocycles. The third-order valence-corrected chi connectivity index (χ3v) is 3.86. The van der Waals surface area contributed by atoms with E-state index < -0.39 is 0 Å². The van der Waals surface area contributed by atoms with Crippen molar-refractivity contribution in [3.8, 4) is 0 Å². The first kappa shape index (κ1) is 13.1. The van der Waals surface area contributed by atoms with E-state index in [-0.39, 0.29) is 0 Å². The van der Waals surface area contributed by atoms with E-state index in [1.807, 2.05) is 72.8 Å². The zero-order chi connectivity index (χ0) is 14.9. The van der Waals surface area contributed by atoms with E-state index in [0.717, 1.165) is 33.3 Å². The quantitative estimate of drug-likeness (QED) is 0.467. The predicted molar refractivity (Wildman–Crippen MR) is 91.9 cm³/mol. The van der Waals surface area contributed by atoms with Crippen LogP contribution in [-0.2, 0) is 0 Å². The van der Waals surface area contributed by atoms with Crippen LogP contribution in [0.2, 0.25) is 5.02 Å². The Balaban J connectivity index is 1.73. The van der Waals surface area contributed by atoms with Gasteiger partial charge in [-0.3, -0.25) is 0 Å². The van der Waals surface area contributed by atoms with Gasteiger partial charge >= 0.3 is 0 Å². The number of hydrogen-bond donors (Lipinski definition) is 0. The van der Waals surface area contributed by atoms with Gasteiger partial charge in [0.2, 0.25) is 0 Å². The highest BCUT2D eigenvalue weighted by atomic mass is 35.5. The second kappa shape index (κ2) is 5.32. The van der Waals surface area contributed by atoms with Crippen LogP contribution in [0, 0.1) is 0 Å². The molecule has 0 spiro atoms. The lowest BCUT2D eigenvalue weighted by molar-refractivity contribution is 0.604. The second-order valence-electron chi connectivity index (χ2n) is 5.07. The van der Waals surface area contributed by atoms with Crippen molar-refractivity contribution >= 4 is 45.6 Å². The third-order valence-electron chi connectivity index (χ3n) is 3.55. The molecule has 3 heteroatoms. The first-order valence-electron chi connectivity index (χ1n) is 7.01. The molecule has 0 fully saturated rings. The Morgan fingerprint density at radius 1 is 0.909 bits per heavy atom. The van der Waals surface area contributed by atoms with Gasteiger partial charge in [-0.2, -0.15) is 0 Å². The fourth-order valence-electron chi connectivity index (χ4n) is 2.49. The highest BCUT2D eigenvalue weighted by molar-refractivity contribution is 6.35. The number of nitrogens with zero attached hydrogens (tertiary/aromatic N) is 1. The highest BCUT2D eigenvalue weighted by Crippen LogP contribution is 2.24. The smallest absolute Gasteiger partial charge is 0.134 e. The number of rotatable bonds is 2. The van der Waals surface area contributed by atoms with E-state index in [1.54, 1.807) is 0 Å². The maximum absolute atomic E-state index is 6.31. The number of furan rings is 1. The topological polar surface area (TPSA) is 26.0 Å². The van der Waals surface area contributed by atoms with Crippen molar-refractivity contribution in [1.82, 2.24) is 4.98 Å². The summed E-state index contributed by atoms with van der Waals surface area (Å²) in [5.74, 6) is 0.798. The zero-order valence-electron chi connectivity index (χ0n) is 11.7. The van der Waals surface area contributed by atoms with Gasteiger partial charge < -0.3 is 4.42 Å². The van der Waals surface area contributed by atoms with Crippen LogP contribution < -0.4 is 0 Å². The maximum atomic E-state index is 6.31. The molecule has 0 bridgehead atoms. The van der Waals surface area contributed by atoms with Crippen molar-refractivity contribution in [2.45, 2.75) is 0 Å². The minimum Gasteiger partial charge on any atom is -0.457 e. The molecule has 4 rings (SSSR count). The van der Waals surface area contributed by atoms with Crippen LogP contribution in [-0.4, -0.2) is 4.98 Å². The van der Waals surface area contributed by atoms with Gasteiger partial charge in [0.05, 0.1) is 16.2 Å². The Labute approximate surface area is 132 Å². The lowest BCUT2D eigenvalue weighted by atomic mass is 10.2. The lowest BCUT2D eigenvalue weighted by Gasteiger charge is -2.01. The molecule has 106 valence electrons. The summed E-state index contributed by atoms with van der Waals surface area (Å²) in [4.78, 5) is 4.59. The van der Waals surface area contributed by atoms with E-state index in [4.69, 9.17) is 16.0 Å². The van der Waals surface area contributed by atoms with E-state index in [0.29, 0.717) is 5.02 Å². The average Bonchev–Trinajstić information content (AvgIpc) is 2.96. The van der Waals surface area contributed by atoms with Crippen molar-refractivity contribution in [2.24, 2.45) is 0 Å². The number of benzene rings is 2. The molecule has 0 saturated heterocycles. The molecule has 0 saturated carbocycles. The first-order chi connectivity index (χ1) is 10.8. The fraction of sp³-hybridized carbons (Fsp3) is 0. The van der Waals surface area contributed by atoms with Gasteiger partial charge in [-0.15, -0.1) is 0 Å². The van der Waals surface area contributed by atoms with Crippen molar-refractivity contribution in [1.29, 1.82) is 0 Å². The number of fused-ring (bicyclic) bond motifs is 2. The normalized spacial score (nSPS) is 11.7. The van der Waals surface area contributed by atoms with Crippen LogP contribution in [0.1, 0.15) is 11.5 Å². The van der Waals surface area contributed by atoms with E-state index >= 15 is 0 Å². The zero-order valence-corrected chi connectivity index (χ0v) is 12.4. The maximum Gasteiger partial charge on any atom is 0.134 e. The monoisotopic (exact) mass is 305 g/mol. The Morgan fingerprint density at radius 3 is 2.64 bits per heavy atom. The molecule has 2 nitrogen and oxygen atoms in total. The molecule has 22 heavy (non-hydrogen) atoms. The molecule has 4 aromatic rings. The van der Waals surface area contributed by atoms with Crippen LogP contribution in [0.3, 0.4) is 0 Å². The lowest BCUT2D eigenvalue weighted by Crippen LogP contribution is -1.84. The average molecular weight is 306 g/mol. The largest absolute Gasteiger partial charge is 0.457 e. The number of hydrogen-bond acceptors (Lipinski definition) is 2. The first-order valence-corrected chi connectivity index (χ1v) is 7.39. The van der Waals surface area contributed by atoms with Crippen molar-refractivity contribution in [3.63, 3.8) is 0 Å². The SMILES string of the molecule is Clc1cc(/C=C/c2cc3ccccc3o2)nc2ccccc12. The molecular formula is C19H12ClNO. The molecule has 0 radical (unpaired) electrons. The summed E-state index contributed by atoms with van der Waals surface area (Å²) in [6, 6.07) is 19.7. The van der Waals surface area contributed by atoms with E-state index in [2.05, 4.69) is 4.98 Å². The van der Waals surface area contributed by atoms with Crippen molar-refractivity contribution in [2.75, 3.05) is 0 Å². The molecule has 0 atom stereocenters. The molecule has 2 aromatic carbocycles. The molecule has 0 aliphatic heterocycles. The Hall–Kier alpha value is -2.58. The molecule has 0 aliphatic rings. The van der Waals surface area contributed by atoms with Gasteiger partial charge in [-0.1, -0.05) is 48.0 Å². The van der Waals surface area contributed by atoms with Crippen LogP contribution in [0.15, 0.2) is 65.1 Å². The van der Waals surface area contributed by atoms with Crippen molar-refractivity contribution < 1.29 is 4.42 Å². The van der Waals surface area contributed by atoms with Crippen LogP contribution in [0.5, 0.6) is 0 Å². The number of aromatic nitrogens is 1. The molecule has 0 N–H and O–H groups in total. The Bertz CT molecular complexity index is 968. The summed E-state index contributed by atoms with van der Waals surface area (Å²) in [7, 11) is 0. The second-order valence-corrected chi connectivity index (χ2v) is 5.47. The van der Waals surface area contributed by atoms with Gasteiger partial charge in [0, 0.05) is 10.8 Å². The Kier molecular flexibility index (Phi) is 3.17. The summed E-state index contributed by atoms with van der Waals surface area (Å²) >= 11 is 6.31. The van der Waals surface area contributed by atoms with Gasteiger partial charge in [0.1, 0.15) is 11.3 Å². The standard InChI is InChI=1S/C19H12ClNO/c20-17-12-14(21-18-7-3-2-6-16(17)18)9-10-15-11-13-5-1-4-8-19(13)22-15/h1-12H/b10-9+. The summed E-state index contributed by atoms with van der Waals surface area (Å²) in [5, 5.41) is 2.76. The fourth-order valence-corrected chi connectivity index (χ4v) is 2.76. The molecule has 0 amide bonds.